The molecule has 0 N–H and O–H groups in total. The van der Waals surface area contributed by atoms with Gasteiger partial charge in [0.05, 0.1) is 6.67 Å². The molecule has 0 fully saturated rings. The van der Waals surface area contributed by atoms with E-state index in [-0.39, 0.29) is 0 Å². The van der Waals surface area contributed by atoms with E-state index < -0.39 is 5.54 Å². The van der Waals surface area contributed by atoms with E-state index in [0.29, 0.717) is 6.67 Å². The first-order chi connectivity index (χ1) is 12.9. The maximum absolute atomic E-state index is 11.3. The molecular formula is C23H20N2O. The Morgan fingerprint density at radius 2 is 1.08 bits per heavy atom. The molecule has 3 heteroatoms. The molecule has 1 amide bonds. The van der Waals surface area contributed by atoms with E-state index in [2.05, 4.69) is 77.7 Å². The standard InChI is InChI=1S/C23H20N2O/c26-19-24-16-17-25(18-24)23(20-10-4-1-5-11-20,21-12-6-2-7-13-21)22-14-8-3-9-15-22/h1-17,19H,18H2. The fourth-order valence-corrected chi connectivity index (χ4v) is 3.76. The molecule has 1 aliphatic rings. The Morgan fingerprint density at radius 3 is 1.42 bits per heavy atom. The van der Waals surface area contributed by atoms with Crippen molar-refractivity contribution in [3.63, 3.8) is 0 Å². The van der Waals surface area contributed by atoms with E-state index in [1.54, 1.807) is 4.90 Å². The molecule has 0 saturated carbocycles. The van der Waals surface area contributed by atoms with Crippen molar-refractivity contribution in [2.75, 3.05) is 6.67 Å². The molecule has 0 saturated heterocycles. The number of benzene rings is 3. The summed E-state index contributed by atoms with van der Waals surface area (Å²) in [5.74, 6) is 0. The summed E-state index contributed by atoms with van der Waals surface area (Å²) in [4.78, 5) is 15.2. The number of rotatable bonds is 5. The van der Waals surface area contributed by atoms with Gasteiger partial charge in [0.2, 0.25) is 6.41 Å². The Hall–Kier alpha value is -3.33. The number of hydrogen-bond acceptors (Lipinski definition) is 2. The van der Waals surface area contributed by atoms with Crippen molar-refractivity contribution in [1.29, 1.82) is 0 Å². The van der Waals surface area contributed by atoms with E-state index in [4.69, 9.17) is 0 Å². The zero-order valence-corrected chi connectivity index (χ0v) is 14.4. The Balaban J connectivity index is 2.01. The zero-order chi connectivity index (χ0) is 17.8. The van der Waals surface area contributed by atoms with Crippen molar-refractivity contribution in [3.05, 3.63) is 120 Å². The molecule has 26 heavy (non-hydrogen) atoms. The molecule has 0 spiro atoms. The first kappa shape index (κ1) is 16.2. The van der Waals surface area contributed by atoms with Gasteiger partial charge in [0, 0.05) is 12.4 Å². The topological polar surface area (TPSA) is 23.6 Å². The number of carbonyl (C=O) groups excluding carboxylic acids is 1. The lowest BCUT2D eigenvalue weighted by atomic mass is 9.76. The second-order valence-corrected chi connectivity index (χ2v) is 6.34. The average Bonchev–Trinajstić information content (AvgIpc) is 3.21. The molecule has 0 aromatic heterocycles. The summed E-state index contributed by atoms with van der Waals surface area (Å²) in [5, 5.41) is 0. The third-order valence-corrected chi connectivity index (χ3v) is 4.89. The number of hydrogen-bond donors (Lipinski definition) is 0. The van der Waals surface area contributed by atoms with Crippen molar-refractivity contribution >= 4 is 6.41 Å². The van der Waals surface area contributed by atoms with Gasteiger partial charge in [0.25, 0.3) is 0 Å². The lowest BCUT2D eigenvalue weighted by Crippen LogP contribution is -2.46. The molecule has 4 rings (SSSR count). The minimum absolute atomic E-state index is 0.502. The average molecular weight is 340 g/mol. The maximum atomic E-state index is 11.3. The third kappa shape index (κ3) is 2.58. The molecule has 1 heterocycles. The summed E-state index contributed by atoms with van der Waals surface area (Å²) in [6.07, 6.45) is 4.69. The van der Waals surface area contributed by atoms with Crippen molar-refractivity contribution in [3.8, 4) is 0 Å². The molecular weight excluding hydrogens is 320 g/mol. The molecule has 0 bridgehead atoms. The van der Waals surface area contributed by atoms with Gasteiger partial charge < -0.3 is 9.80 Å². The maximum Gasteiger partial charge on any atom is 0.215 e. The van der Waals surface area contributed by atoms with E-state index in [1.807, 2.05) is 30.6 Å². The molecule has 1 aliphatic heterocycles. The predicted octanol–water partition coefficient (Wildman–Crippen LogP) is 4.18. The van der Waals surface area contributed by atoms with Crippen LogP contribution in [0.4, 0.5) is 0 Å². The SMILES string of the molecule is O=CN1C=CN(C(c2ccccc2)(c2ccccc2)c2ccccc2)C1. The number of nitrogens with zero attached hydrogens (tertiary/aromatic N) is 2. The van der Waals surface area contributed by atoms with Crippen molar-refractivity contribution in [2.24, 2.45) is 0 Å². The number of amides is 1. The van der Waals surface area contributed by atoms with Crippen LogP contribution in [0.1, 0.15) is 16.7 Å². The smallest absolute Gasteiger partial charge is 0.215 e. The quantitative estimate of drug-likeness (QED) is 0.514. The first-order valence-electron chi connectivity index (χ1n) is 8.68. The Bertz CT molecular complexity index is 795. The molecule has 128 valence electrons. The first-order valence-corrected chi connectivity index (χ1v) is 8.68. The minimum Gasteiger partial charge on any atom is -0.340 e. The highest BCUT2D eigenvalue weighted by Gasteiger charge is 2.42. The van der Waals surface area contributed by atoms with Crippen LogP contribution >= 0.6 is 0 Å². The van der Waals surface area contributed by atoms with E-state index in [9.17, 15) is 4.79 Å². The van der Waals surface area contributed by atoms with Gasteiger partial charge >= 0.3 is 0 Å². The van der Waals surface area contributed by atoms with Crippen LogP contribution in [0.15, 0.2) is 103 Å². The highest BCUT2D eigenvalue weighted by Crippen LogP contribution is 2.43. The monoisotopic (exact) mass is 340 g/mol. The second-order valence-electron chi connectivity index (χ2n) is 6.34. The number of carbonyl (C=O) groups is 1. The lowest BCUT2D eigenvalue weighted by molar-refractivity contribution is -0.116. The van der Waals surface area contributed by atoms with Gasteiger partial charge in [-0.3, -0.25) is 4.79 Å². The van der Waals surface area contributed by atoms with E-state index >= 15 is 0 Å². The van der Waals surface area contributed by atoms with Crippen molar-refractivity contribution in [1.82, 2.24) is 9.80 Å². The fourth-order valence-electron chi connectivity index (χ4n) is 3.76. The molecule has 0 radical (unpaired) electrons. The lowest BCUT2D eigenvalue weighted by Gasteiger charge is -2.43. The second kappa shape index (κ2) is 6.89. The molecule has 3 nitrogen and oxygen atoms in total. The third-order valence-electron chi connectivity index (χ3n) is 4.89. The normalized spacial score (nSPS) is 13.8. The predicted molar refractivity (Wildman–Crippen MR) is 103 cm³/mol. The van der Waals surface area contributed by atoms with Gasteiger partial charge in [-0.1, -0.05) is 91.0 Å². The Labute approximate surface area is 153 Å². The molecule has 0 unspecified atom stereocenters. The Kier molecular flexibility index (Phi) is 4.28. The van der Waals surface area contributed by atoms with Crippen LogP contribution in [0.5, 0.6) is 0 Å². The van der Waals surface area contributed by atoms with E-state index in [1.165, 1.54) is 0 Å². The van der Waals surface area contributed by atoms with Crippen LogP contribution in [0.2, 0.25) is 0 Å². The zero-order valence-electron chi connectivity index (χ0n) is 14.4. The van der Waals surface area contributed by atoms with Crippen molar-refractivity contribution in [2.45, 2.75) is 5.54 Å². The van der Waals surface area contributed by atoms with Gasteiger partial charge in [0.15, 0.2) is 0 Å². The Morgan fingerprint density at radius 1 is 0.654 bits per heavy atom. The van der Waals surface area contributed by atoms with Gasteiger partial charge in [-0.15, -0.1) is 0 Å². The largest absolute Gasteiger partial charge is 0.340 e. The summed E-state index contributed by atoms with van der Waals surface area (Å²) < 4.78 is 0. The summed E-state index contributed by atoms with van der Waals surface area (Å²) >= 11 is 0. The summed E-state index contributed by atoms with van der Waals surface area (Å²) in [7, 11) is 0. The molecule has 0 aliphatic carbocycles. The molecule has 3 aromatic carbocycles. The van der Waals surface area contributed by atoms with Crippen LogP contribution in [0.3, 0.4) is 0 Å². The van der Waals surface area contributed by atoms with Gasteiger partial charge in [-0.05, 0) is 16.7 Å². The van der Waals surface area contributed by atoms with E-state index in [0.717, 1.165) is 23.1 Å². The summed E-state index contributed by atoms with van der Waals surface area (Å²) in [6, 6.07) is 31.4. The van der Waals surface area contributed by atoms with Crippen LogP contribution in [0, 0.1) is 0 Å². The van der Waals surface area contributed by atoms with Gasteiger partial charge in [0.1, 0.15) is 5.54 Å². The fraction of sp³-hybridized carbons (Fsp3) is 0.0870. The van der Waals surface area contributed by atoms with Crippen LogP contribution in [0.25, 0.3) is 0 Å². The van der Waals surface area contributed by atoms with Gasteiger partial charge in [-0.2, -0.15) is 0 Å². The van der Waals surface area contributed by atoms with Crippen LogP contribution in [-0.2, 0) is 10.3 Å². The van der Waals surface area contributed by atoms with Crippen LogP contribution in [-0.4, -0.2) is 22.9 Å². The summed E-state index contributed by atoms with van der Waals surface area (Å²) in [5.41, 5.74) is 2.97. The highest BCUT2D eigenvalue weighted by atomic mass is 16.1. The summed E-state index contributed by atoms with van der Waals surface area (Å²) in [6.45, 7) is 0.502. The van der Waals surface area contributed by atoms with Crippen molar-refractivity contribution < 1.29 is 4.79 Å². The van der Waals surface area contributed by atoms with Crippen LogP contribution < -0.4 is 0 Å². The molecule has 3 aromatic rings. The highest BCUT2D eigenvalue weighted by molar-refractivity contribution is 5.53. The molecule has 0 atom stereocenters. The van der Waals surface area contributed by atoms with Gasteiger partial charge in [-0.25, -0.2) is 0 Å². The minimum atomic E-state index is -0.516.